The third-order valence-corrected chi connectivity index (χ3v) is 2.59. The second-order valence-electron chi connectivity index (χ2n) is 3.77. The summed E-state index contributed by atoms with van der Waals surface area (Å²) in [6.45, 7) is 2.88. The Labute approximate surface area is 95.4 Å². The lowest BCUT2D eigenvalue weighted by Crippen LogP contribution is -1.98. The van der Waals surface area contributed by atoms with E-state index in [1.54, 1.807) is 7.11 Å². The number of nitrogens with one attached hydrogen (secondary N) is 1. The minimum atomic E-state index is 0.735. The lowest BCUT2D eigenvalue weighted by Gasteiger charge is -2.10. The first-order valence-corrected chi connectivity index (χ1v) is 5.63. The van der Waals surface area contributed by atoms with Crippen LogP contribution in [0.15, 0.2) is 24.4 Å². The molecule has 0 saturated carbocycles. The Morgan fingerprint density at radius 2 is 2.12 bits per heavy atom. The molecular formula is C13H17NO2. The smallest absolute Gasteiger partial charge is 0.163 e. The first kappa shape index (κ1) is 10.9. The van der Waals surface area contributed by atoms with E-state index in [1.807, 2.05) is 24.4 Å². The molecule has 0 amide bonds. The number of hydrogen-bond acceptors (Lipinski definition) is 2. The van der Waals surface area contributed by atoms with Crippen LogP contribution in [0.5, 0.6) is 11.5 Å². The number of ether oxygens (including phenoxy) is 2. The average Bonchev–Trinajstić information content (AvgIpc) is 2.75. The van der Waals surface area contributed by atoms with Crippen LogP contribution in [0.25, 0.3) is 10.9 Å². The van der Waals surface area contributed by atoms with Gasteiger partial charge in [0.05, 0.1) is 13.7 Å². The van der Waals surface area contributed by atoms with Crippen molar-refractivity contribution >= 4 is 10.9 Å². The monoisotopic (exact) mass is 219 g/mol. The van der Waals surface area contributed by atoms with Crippen molar-refractivity contribution in [1.29, 1.82) is 0 Å². The van der Waals surface area contributed by atoms with Crippen molar-refractivity contribution in [3.05, 3.63) is 24.4 Å². The molecule has 2 rings (SSSR count). The standard InChI is InChI=1S/C13H17NO2/c1-3-4-7-16-13-9-11-10(5-6-14-11)8-12(13)15-2/h5-6,8-9,14H,3-4,7H2,1-2H3. The van der Waals surface area contributed by atoms with Crippen molar-refractivity contribution in [3.63, 3.8) is 0 Å². The Morgan fingerprint density at radius 1 is 1.25 bits per heavy atom. The van der Waals surface area contributed by atoms with Crippen LogP contribution in [0.4, 0.5) is 0 Å². The molecule has 2 aromatic rings. The zero-order valence-corrected chi connectivity index (χ0v) is 9.75. The third kappa shape index (κ3) is 2.13. The highest BCUT2D eigenvalue weighted by molar-refractivity contribution is 5.83. The van der Waals surface area contributed by atoms with Gasteiger partial charge in [0.15, 0.2) is 11.5 Å². The third-order valence-electron chi connectivity index (χ3n) is 2.59. The molecule has 1 heterocycles. The first-order valence-electron chi connectivity index (χ1n) is 5.63. The van der Waals surface area contributed by atoms with E-state index in [9.17, 15) is 0 Å². The summed E-state index contributed by atoms with van der Waals surface area (Å²) < 4.78 is 11.0. The SMILES string of the molecule is CCCCOc1cc2[nH]ccc2cc1OC. The Bertz CT molecular complexity index is 462. The van der Waals surface area contributed by atoms with Gasteiger partial charge in [-0.1, -0.05) is 13.3 Å². The van der Waals surface area contributed by atoms with Gasteiger partial charge in [-0.2, -0.15) is 0 Å². The Balaban J connectivity index is 2.26. The topological polar surface area (TPSA) is 34.2 Å². The van der Waals surface area contributed by atoms with Crippen LogP contribution in [-0.2, 0) is 0 Å². The molecule has 0 bridgehead atoms. The van der Waals surface area contributed by atoms with Crippen molar-refractivity contribution in [1.82, 2.24) is 4.98 Å². The summed E-state index contributed by atoms with van der Waals surface area (Å²) in [5.41, 5.74) is 1.08. The second-order valence-corrected chi connectivity index (χ2v) is 3.77. The zero-order chi connectivity index (χ0) is 11.4. The molecule has 3 nitrogen and oxygen atoms in total. The first-order chi connectivity index (χ1) is 7.85. The molecule has 0 aliphatic heterocycles. The van der Waals surface area contributed by atoms with Crippen LogP contribution >= 0.6 is 0 Å². The van der Waals surface area contributed by atoms with Gasteiger partial charge in [0, 0.05) is 23.2 Å². The Hall–Kier alpha value is -1.64. The van der Waals surface area contributed by atoms with Crippen LogP contribution < -0.4 is 9.47 Å². The molecule has 86 valence electrons. The van der Waals surface area contributed by atoms with E-state index in [-0.39, 0.29) is 0 Å². The summed E-state index contributed by atoms with van der Waals surface area (Å²) in [4.78, 5) is 3.17. The molecule has 1 N–H and O–H groups in total. The number of benzene rings is 1. The largest absolute Gasteiger partial charge is 0.493 e. The minimum absolute atomic E-state index is 0.735. The highest BCUT2D eigenvalue weighted by Crippen LogP contribution is 2.31. The van der Waals surface area contributed by atoms with E-state index >= 15 is 0 Å². The van der Waals surface area contributed by atoms with Gasteiger partial charge >= 0.3 is 0 Å². The number of unbranched alkanes of at least 4 members (excludes halogenated alkanes) is 1. The fourth-order valence-electron chi connectivity index (χ4n) is 1.66. The van der Waals surface area contributed by atoms with Crippen molar-refractivity contribution in [2.24, 2.45) is 0 Å². The predicted octanol–water partition coefficient (Wildman–Crippen LogP) is 3.36. The maximum absolute atomic E-state index is 5.70. The van der Waals surface area contributed by atoms with Crippen molar-refractivity contribution in [3.8, 4) is 11.5 Å². The highest BCUT2D eigenvalue weighted by atomic mass is 16.5. The highest BCUT2D eigenvalue weighted by Gasteiger charge is 2.06. The molecule has 1 aromatic heterocycles. The molecule has 16 heavy (non-hydrogen) atoms. The van der Waals surface area contributed by atoms with Crippen molar-refractivity contribution in [2.75, 3.05) is 13.7 Å². The number of aromatic amines is 1. The fraction of sp³-hybridized carbons (Fsp3) is 0.385. The van der Waals surface area contributed by atoms with E-state index in [4.69, 9.17) is 9.47 Å². The van der Waals surface area contributed by atoms with E-state index in [2.05, 4.69) is 11.9 Å². The predicted molar refractivity (Wildman–Crippen MR) is 65.3 cm³/mol. The van der Waals surface area contributed by atoms with Crippen LogP contribution in [0.3, 0.4) is 0 Å². The van der Waals surface area contributed by atoms with Crippen molar-refractivity contribution < 1.29 is 9.47 Å². The summed E-state index contributed by atoms with van der Waals surface area (Å²) in [6.07, 6.45) is 4.11. The molecule has 0 aliphatic carbocycles. The number of H-pyrrole nitrogens is 1. The summed E-state index contributed by atoms with van der Waals surface area (Å²) in [6, 6.07) is 6.00. The van der Waals surface area contributed by atoms with E-state index in [1.165, 1.54) is 0 Å². The summed E-state index contributed by atoms with van der Waals surface area (Å²) >= 11 is 0. The van der Waals surface area contributed by atoms with Gasteiger partial charge in [-0.15, -0.1) is 0 Å². The lowest BCUT2D eigenvalue weighted by molar-refractivity contribution is 0.289. The van der Waals surface area contributed by atoms with Crippen molar-refractivity contribution in [2.45, 2.75) is 19.8 Å². The normalized spacial score (nSPS) is 10.6. The van der Waals surface area contributed by atoms with Gasteiger partial charge < -0.3 is 14.5 Å². The molecule has 0 atom stereocenters. The Kier molecular flexibility index (Phi) is 3.34. The van der Waals surface area contributed by atoms with Crippen LogP contribution in [0.1, 0.15) is 19.8 Å². The summed E-state index contributed by atoms with van der Waals surface area (Å²) in [5.74, 6) is 1.61. The van der Waals surface area contributed by atoms with Crippen LogP contribution in [0.2, 0.25) is 0 Å². The molecule has 3 heteroatoms. The van der Waals surface area contributed by atoms with Gasteiger partial charge in [0.25, 0.3) is 0 Å². The number of methoxy groups -OCH3 is 1. The van der Waals surface area contributed by atoms with E-state index in [0.29, 0.717) is 0 Å². The van der Waals surface area contributed by atoms with Gasteiger partial charge in [0.2, 0.25) is 0 Å². The maximum Gasteiger partial charge on any atom is 0.163 e. The second kappa shape index (κ2) is 4.92. The summed E-state index contributed by atoms with van der Waals surface area (Å²) in [5, 5.41) is 1.14. The van der Waals surface area contributed by atoms with Crippen LogP contribution in [0, 0.1) is 0 Å². The quantitative estimate of drug-likeness (QED) is 0.782. The fourth-order valence-corrected chi connectivity index (χ4v) is 1.66. The number of hydrogen-bond donors (Lipinski definition) is 1. The van der Waals surface area contributed by atoms with Gasteiger partial charge in [-0.05, 0) is 18.6 Å². The summed E-state index contributed by atoms with van der Waals surface area (Å²) in [7, 11) is 1.67. The number of aromatic nitrogens is 1. The molecule has 0 saturated heterocycles. The molecule has 1 aromatic carbocycles. The van der Waals surface area contributed by atoms with Gasteiger partial charge in [-0.25, -0.2) is 0 Å². The molecule has 0 spiro atoms. The molecular weight excluding hydrogens is 202 g/mol. The van der Waals surface area contributed by atoms with E-state index < -0.39 is 0 Å². The lowest BCUT2D eigenvalue weighted by atomic mass is 10.2. The molecule has 0 aliphatic rings. The van der Waals surface area contributed by atoms with E-state index in [0.717, 1.165) is 41.9 Å². The number of rotatable bonds is 5. The number of fused-ring (bicyclic) bond motifs is 1. The average molecular weight is 219 g/mol. The zero-order valence-electron chi connectivity index (χ0n) is 9.75. The maximum atomic E-state index is 5.70. The van der Waals surface area contributed by atoms with Crippen LogP contribution in [-0.4, -0.2) is 18.7 Å². The molecule has 0 radical (unpaired) electrons. The Morgan fingerprint density at radius 3 is 2.88 bits per heavy atom. The van der Waals surface area contributed by atoms with Gasteiger partial charge in [0.1, 0.15) is 0 Å². The molecule has 0 fully saturated rings. The minimum Gasteiger partial charge on any atom is -0.493 e. The molecule has 0 unspecified atom stereocenters. The van der Waals surface area contributed by atoms with Gasteiger partial charge in [-0.3, -0.25) is 0 Å².